The Morgan fingerprint density at radius 3 is 2.41 bits per heavy atom. The zero-order chi connectivity index (χ0) is 12.1. The average molecular weight is 229 g/mol. The van der Waals surface area contributed by atoms with Gasteiger partial charge >= 0.3 is 0 Å². The Morgan fingerprint density at radius 2 is 1.76 bits per heavy atom. The maximum Gasteiger partial charge on any atom is 0.146 e. The highest BCUT2D eigenvalue weighted by molar-refractivity contribution is 5.46. The molecule has 0 saturated heterocycles. The quantitative estimate of drug-likeness (QED) is 0.835. The minimum absolute atomic E-state index is 0.180. The van der Waals surface area contributed by atoms with Crippen molar-refractivity contribution in [2.75, 3.05) is 5.32 Å². The lowest BCUT2D eigenvalue weighted by Crippen LogP contribution is -2.01. The second-order valence-corrected chi connectivity index (χ2v) is 4.01. The van der Waals surface area contributed by atoms with Crippen LogP contribution in [-0.2, 0) is 13.0 Å². The van der Waals surface area contributed by atoms with Crippen LogP contribution in [0.2, 0.25) is 0 Å². The standard InChI is InChI=1S/C15H16FN/c1-2-12-8-9-15(14(16)10-12)17-11-13-6-4-3-5-7-13/h3-10,17H,2,11H2,1H3. The van der Waals surface area contributed by atoms with E-state index in [0.717, 1.165) is 17.5 Å². The fraction of sp³-hybridized carbons (Fsp3) is 0.200. The van der Waals surface area contributed by atoms with E-state index < -0.39 is 0 Å². The van der Waals surface area contributed by atoms with E-state index >= 15 is 0 Å². The summed E-state index contributed by atoms with van der Waals surface area (Å²) in [6, 6.07) is 15.3. The van der Waals surface area contributed by atoms with Crippen molar-refractivity contribution >= 4 is 5.69 Å². The van der Waals surface area contributed by atoms with Crippen LogP contribution in [0, 0.1) is 5.82 Å². The van der Waals surface area contributed by atoms with Gasteiger partial charge in [-0.05, 0) is 29.7 Å². The number of hydrogen-bond donors (Lipinski definition) is 1. The molecule has 2 heteroatoms. The van der Waals surface area contributed by atoms with Gasteiger partial charge in [-0.2, -0.15) is 0 Å². The Kier molecular flexibility index (Phi) is 3.76. The first kappa shape index (κ1) is 11.6. The lowest BCUT2D eigenvalue weighted by molar-refractivity contribution is 0.628. The van der Waals surface area contributed by atoms with Crippen LogP contribution in [0.3, 0.4) is 0 Å². The highest BCUT2D eigenvalue weighted by Gasteiger charge is 2.02. The highest BCUT2D eigenvalue weighted by Crippen LogP contribution is 2.17. The minimum atomic E-state index is -0.180. The Bertz CT molecular complexity index is 480. The van der Waals surface area contributed by atoms with Gasteiger partial charge in [-0.25, -0.2) is 4.39 Å². The molecule has 17 heavy (non-hydrogen) atoms. The first-order valence-corrected chi connectivity index (χ1v) is 5.86. The Labute approximate surface area is 101 Å². The largest absolute Gasteiger partial charge is 0.379 e. The van der Waals surface area contributed by atoms with E-state index in [0.29, 0.717) is 12.2 Å². The molecule has 0 heterocycles. The van der Waals surface area contributed by atoms with Crippen molar-refractivity contribution in [1.82, 2.24) is 0 Å². The average Bonchev–Trinajstić information content (AvgIpc) is 2.38. The summed E-state index contributed by atoms with van der Waals surface area (Å²) < 4.78 is 13.7. The summed E-state index contributed by atoms with van der Waals surface area (Å²) in [5.74, 6) is -0.180. The molecule has 2 aromatic rings. The van der Waals surface area contributed by atoms with Gasteiger partial charge < -0.3 is 5.32 Å². The van der Waals surface area contributed by atoms with E-state index in [1.54, 1.807) is 12.1 Å². The summed E-state index contributed by atoms with van der Waals surface area (Å²) in [5.41, 5.74) is 2.73. The normalized spacial score (nSPS) is 10.2. The number of hydrogen-bond acceptors (Lipinski definition) is 1. The number of anilines is 1. The molecule has 0 fully saturated rings. The van der Waals surface area contributed by atoms with Gasteiger partial charge in [-0.1, -0.05) is 43.3 Å². The fourth-order valence-electron chi connectivity index (χ4n) is 1.72. The van der Waals surface area contributed by atoms with E-state index in [9.17, 15) is 4.39 Å². The van der Waals surface area contributed by atoms with Crippen LogP contribution in [0.5, 0.6) is 0 Å². The van der Waals surface area contributed by atoms with Gasteiger partial charge in [0.15, 0.2) is 0 Å². The number of aryl methyl sites for hydroxylation is 1. The molecule has 0 unspecified atom stereocenters. The third-order valence-corrected chi connectivity index (χ3v) is 2.77. The van der Waals surface area contributed by atoms with Gasteiger partial charge in [0.05, 0.1) is 5.69 Å². The third-order valence-electron chi connectivity index (χ3n) is 2.77. The molecule has 0 saturated carbocycles. The van der Waals surface area contributed by atoms with Crippen LogP contribution >= 0.6 is 0 Å². The van der Waals surface area contributed by atoms with Crippen LogP contribution in [0.25, 0.3) is 0 Å². The van der Waals surface area contributed by atoms with Crippen molar-refractivity contribution in [3.63, 3.8) is 0 Å². The van der Waals surface area contributed by atoms with Crippen molar-refractivity contribution in [3.8, 4) is 0 Å². The Morgan fingerprint density at radius 1 is 1.00 bits per heavy atom. The number of benzene rings is 2. The zero-order valence-corrected chi connectivity index (χ0v) is 9.91. The van der Waals surface area contributed by atoms with Crippen LogP contribution in [0.15, 0.2) is 48.5 Å². The van der Waals surface area contributed by atoms with Crippen molar-refractivity contribution < 1.29 is 4.39 Å². The second kappa shape index (κ2) is 5.48. The van der Waals surface area contributed by atoms with Crippen molar-refractivity contribution in [1.29, 1.82) is 0 Å². The van der Waals surface area contributed by atoms with Gasteiger partial charge in [-0.3, -0.25) is 0 Å². The summed E-state index contributed by atoms with van der Waals surface area (Å²) in [6.45, 7) is 2.66. The molecule has 0 aromatic heterocycles. The molecule has 0 amide bonds. The molecule has 88 valence electrons. The van der Waals surface area contributed by atoms with Crippen molar-refractivity contribution in [2.24, 2.45) is 0 Å². The fourth-order valence-corrected chi connectivity index (χ4v) is 1.72. The third kappa shape index (κ3) is 3.06. The smallest absolute Gasteiger partial charge is 0.146 e. The van der Waals surface area contributed by atoms with Crippen LogP contribution in [0.4, 0.5) is 10.1 Å². The van der Waals surface area contributed by atoms with Gasteiger partial charge in [0.25, 0.3) is 0 Å². The Hall–Kier alpha value is -1.83. The van der Waals surface area contributed by atoms with E-state index in [1.165, 1.54) is 0 Å². The van der Waals surface area contributed by atoms with E-state index in [2.05, 4.69) is 5.32 Å². The number of halogens is 1. The minimum Gasteiger partial charge on any atom is -0.379 e. The molecule has 0 spiro atoms. The first-order valence-electron chi connectivity index (χ1n) is 5.86. The SMILES string of the molecule is CCc1ccc(NCc2ccccc2)c(F)c1. The predicted molar refractivity (Wildman–Crippen MR) is 69.5 cm³/mol. The molecular formula is C15H16FN. The topological polar surface area (TPSA) is 12.0 Å². The zero-order valence-electron chi connectivity index (χ0n) is 9.91. The van der Waals surface area contributed by atoms with Crippen molar-refractivity contribution in [2.45, 2.75) is 19.9 Å². The van der Waals surface area contributed by atoms with E-state index in [-0.39, 0.29) is 5.82 Å². The van der Waals surface area contributed by atoms with Gasteiger partial charge in [-0.15, -0.1) is 0 Å². The predicted octanol–water partition coefficient (Wildman–Crippen LogP) is 4.00. The highest BCUT2D eigenvalue weighted by atomic mass is 19.1. The second-order valence-electron chi connectivity index (χ2n) is 4.01. The molecule has 0 aliphatic rings. The first-order chi connectivity index (χ1) is 8.29. The maximum absolute atomic E-state index is 13.7. The molecule has 2 rings (SSSR count). The molecule has 2 aromatic carbocycles. The molecular weight excluding hydrogens is 213 g/mol. The van der Waals surface area contributed by atoms with Crippen molar-refractivity contribution in [3.05, 3.63) is 65.5 Å². The molecule has 1 nitrogen and oxygen atoms in total. The molecule has 0 bridgehead atoms. The van der Waals surface area contributed by atoms with E-state index in [4.69, 9.17) is 0 Å². The monoisotopic (exact) mass is 229 g/mol. The summed E-state index contributed by atoms with van der Waals surface area (Å²) in [4.78, 5) is 0. The van der Waals surface area contributed by atoms with Crippen LogP contribution in [-0.4, -0.2) is 0 Å². The van der Waals surface area contributed by atoms with Gasteiger partial charge in [0.1, 0.15) is 5.82 Å². The summed E-state index contributed by atoms with van der Waals surface area (Å²) in [7, 11) is 0. The summed E-state index contributed by atoms with van der Waals surface area (Å²) in [5, 5.41) is 3.11. The van der Waals surface area contributed by atoms with E-state index in [1.807, 2.05) is 43.3 Å². The molecule has 0 radical (unpaired) electrons. The van der Waals surface area contributed by atoms with Crippen LogP contribution in [0.1, 0.15) is 18.1 Å². The maximum atomic E-state index is 13.7. The lowest BCUT2D eigenvalue weighted by Gasteiger charge is -2.08. The molecule has 0 aliphatic heterocycles. The molecule has 0 atom stereocenters. The Balaban J connectivity index is 2.04. The molecule has 0 aliphatic carbocycles. The molecule has 1 N–H and O–H groups in total. The number of nitrogens with one attached hydrogen (secondary N) is 1. The summed E-state index contributed by atoms with van der Waals surface area (Å²) >= 11 is 0. The van der Waals surface area contributed by atoms with Gasteiger partial charge in [0.2, 0.25) is 0 Å². The number of rotatable bonds is 4. The van der Waals surface area contributed by atoms with Gasteiger partial charge in [0, 0.05) is 6.54 Å². The lowest BCUT2D eigenvalue weighted by atomic mass is 10.1. The van der Waals surface area contributed by atoms with Crippen LogP contribution < -0.4 is 5.32 Å². The summed E-state index contributed by atoms with van der Waals surface area (Å²) in [6.07, 6.45) is 0.857.